The maximum absolute atomic E-state index is 11.9. The van der Waals surface area contributed by atoms with Gasteiger partial charge in [0.15, 0.2) is 0 Å². The molecule has 0 bridgehead atoms. The number of urea groups is 1. The number of amides is 3. The van der Waals surface area contributed by atoms with Crippen molar-refractivity contribution >= 4 is 17.9 Å². The van der Waals surface area contributed by atoms with Gasteiger partial charge in [0.2, 0.25) is 0 Å². The van der Waals surface area contributed by atoms with Gasteiger partial charge in [0.25, 0.3) is 5.91 Å². The summed E-state index contributed by atoms with van der Waals surface area (Å²) in [6.07, 6.45) is 0.545. The van der Waals surface area contributed by atoms with Crippen molar-refractivity contribution in [3.63, 3.8) is 0 Å². The zero-order valence-corrected chi connectivity index (χ0v) is 11.8. The fourth-order valence-corrected chi connectivity index (χ4v) is 1.88. The Balaban J connectivity index is 2.44. The Bertz CT molecular complexity index is 394. The first-order valence-corrected chi connectivity index (χ1v) is 6.24. The minimum atomic E-state index is -0.890. The van der Waals surface area contributed by atoms with E-state index in [0.717, 1.165) is 0 Å². The quantitative estimate of drug-likeness (QED) is 0.669. The molecule has 108 valence electrons. The van der Waals surface area contributed by atoms with Gasteiger partial charge in [0, 0.05) is 13.1 Å². The van der Waals surface area contributed by atoms with Crippen LogP contribution in [0.4, 0.5) is 4.79 Å². The van der Waals surface area contributed by atoms with E-state index in [0.29, 0.717) is 19.5 Å². The summed E-state index contributed by atoms with van der Waals surface area (Å²) in [5.74, 6) is -1.13. The molecule has 1 atom stereocenters. The molecule has 0 aromatic heterocycles. The zero-order valence-electron chi connectivity index (χ0n) is 11.8. The number of aliphatic carboxylic acids is 1. The van der Waals surface area contributed by atoms with E-state index in [9.17, 15) is 14.4 Å². The Morgan fingerprint density at radius 1 is 1.47 bits per heavy atom. The van der Waals surface area contributed by atoms with Crippen LogP contribution >= 0.6 is 0 Å². The lowest BCUT2D eigenvalue weighted by Crippen LogP contribution is -2.41. The molecule has 1 aliphatic rings. The summed E-state index contributed by atoms with van der Waals surface area (Å²) in [5, 5.41) is 11.4. The van der Waals surface area contributed by atoms with Gasteiger partial charge in [-0.25, -0.2) is 4.79 Å². The molecule has 1 rings (SSSR count). The predicted octanol–water partition coefficient (Wildman–Crippen LogP) is 0.112. The van der Waals surface area contributed by atoms with Crippen LogP contribution in [0.1, 0.15) is 27.2 Å². The summed E-state index contributed by atoms with van der Waals surface area (Å²) < 4.78 is 0. The van der Waals surface area contributed by atoms with Crippen molar-refractivity contribution in [2.24, 2.45) is 0 Å². The average molecular weight is 271 g/mol. The summed E-state index contributed by atoms with van der Waals surface area (Å²) in [4.78, 5) is 37.1. The van der Waals surface area contributed by atoms with Gasteiger partial charge in [0.05, 0.1) is 0 Å². The fraction of sp³-hybridized carbons (Fsp3) is 0.750. The summed E-state index contributed by atoms with van der Waals surface area (Å²) in [5.41, 5.74) is -0.850. The molecule has 0 aromatic carbocycles. The molecular formula is C12H21N3O4. The number of carboxylic acid groups (broad SMARTS) is 1. The minimum absolute atomic E-state index is 0.244. The first-order valence-electron chi connectivity index (χ1n) is 6.24. The van der Waals surface area contributed by atoms with Gasteiger partial charge >= 0.3 is 12.0 Å². The van der Waals surface area contributed by atoms with E-state index >= 15 is 0 Å². The second kappa shape index (κ2) is 5.56. The maximum atomic E-state index is 11.9. The van der Waals surface area contributed by atoms with Crippen molar-refractivity contribution in [3.05, 3.63) is 0 Å². The maximum Gasteiger partial charge on any atom is 0.325 e. The summed E-state index contributed by atoms with van der Waals surface area (Å²) in [7, 11) is 1.70. The van der Waals surface area contributed by atoms with Crippen molar-refractivity contribution < 1.29 is 19.5 Å². The average Bonchev–Trinajstić information content (AvgIpc) is 2.49. The summed E-state index contributed by atoms with van der Waals surface area (Å²) in [6.45, 7) is 5.71. The van der Waals surface area contributed by atoms with Crippen LogP contribution in [0.5, 0.6) is 0 Å². The van der Waals surface area contributed by atoms with Gasteiger partial charge in [-0.05, 0) is 34.2 Å². The van der Waals surface area contributed by atoms with Crippen LogP contribution in [0, 0.1) is 0 Å². The minimum Gasteiger partial charge on any atom is -0.480 e. The molecule has 2 N–H and O–H groups in total. The second-order valence-corrected chi connectivity index (χ2v) is 5.36. The number of carboxylic acids is 1. The number of hydrogen-bond acceptors (Lipinski definition) is 4. The zero-order chi connectivity index (χ0) is 14.8. The molecule has 1 saturated heterocycles. The lowest BCUT2D eigenvalue weighted by Gasteiger charge is -2.22. The number of carbonyl (C=O) groups is 3. The molecule has 0 spiro atoms. The van der Waals surface area contributed by atoms with E-state index in [1.54, 1.807) is 32.7 Å². The van der Waals surface area contributed by atoms with Crippen molar-refractivity contribution in [1.82, 2.24) is 15.1 Å². The number of nitrogens with zero attached hydrogens (tertiary/aromatic N) is 2. The third-order valence-corrected chi connectivity index (χ3v) is 3.36. The van der Waals surface area contributed by atoms with E-state index in [1.807, 2.05) is 0 Å². The molecule has 1 aliphatic heterocycles. The number of imide groups is 1. The third-order valence-electron chi connectivity index (χ3n) is 3.36. The van der Waals surface area contributed by atoms with Crippen LogP contribution in [-0.4, -0.2) is 64.5 Å². The van der Waals surface area contributed by atoms with E-state index in [1.165, 1.54) is 4.90 Å². The number of likely N-dealkylation sites (N-methyl/N-ethyl adjacent to an activating group) is 1. The molecule has 0 aromatic rings. The number of rotatable bonds is 6. The van der Waals surface area contributed by atoms with Gasteiger partial charge in [-0.15, -0.1) is 0 Å². The van der Waals surface area contributed by atoms with Crippen LogP contribution in [0.15, 0.2) is 0 Å². The third kappa shape index (κ3) is 3.44. The van der Waals surface area contributed by atoms with Crippen molar-refractivity contribution in [3.8, 4) is 0 Å². The topological polar surface area (TPSA) is 89.9 Å². The van der Waals surface area contributed by atoms with E-state index in [-0.39, 0.29) is 11.9 Å². The Morgan fingerprint density at radius 3 is 2.47 bits per heavy atom. The summed E-state index contributed by atoms with van der Waals surface area (Å²) >= 11 is 0. The lowest BCUT2D eigenvalue weighted by atomic mass is 10.1. The standard InChI is InChI=1S/C12H21N3O4/c1-8(9(16)17)14(4)6-5-7-15-10(18)12(2,3)13-11(15)19/h8H,5-7H2,1-4H3,(H,13,19)(H,16,17). The number of hydrogen-bond donors (Lipinski definition) is 2. The highest BCUT2D eigenvalue weighted by molar-refractivity contribution is 6.06. The molecule has 1 fully saturated rings. The molecule has 1 heterocycles. The van der Waals surface area contributed by atoms with E-state index in [2.05, 4.69) is 5.32 Å². The second-order valence-electron chi connectivity index (χ2n) is 5.36. The molecule has 7 heteroatoms. The first-order chi connectivity index (χ1) is 8.66. The van der Waals surface area contributed by atoms with Crippen molar-refractivity contribution in [2.75, 3.05) is 20.1 Å². The van der Waals surface area contributed by atoms with Crippen LogP contribution in [0.25, 0.3) is 0 Å². The summed E-state index contributed by atoms with van der Waals surface area (Å²) in [6, 6.07) is -0.969. The highest BCUT2D eigenvalue weighted by atomic mass is 16.4. The Labute approximate surface area is 112 Å². The number of nitrogens with one attached hydrogen (secondary N) is 1. The Morgan fingerprint density at radius 2 is 2.05 bits per heavy atom. The molecule has 0 radical (unpaired) electrons. The van der Waals surface area contributed by atoms with Gasteiger partial charge < -0.3 is 10.4 Å². The molecule has 3 amide bonds. The highest BCUT2D eigenvalue weighted by Crippen LogP contribution is 2.16. The normalized spacial score (nSPS) is 19.7. The largest absolute Gasteiger partial charge is 0.480 e. The molecule has 0 saturated carbocycles. The first kappa shape index (κ1) is 15.4. The molecule has 1 unspecified atom stereocenters. The van der Waals surface area contributed by atoms with E-state index < -0.39 is 17.6 Å². The lowest BCUT2D eigenvalue weighted by molar-refractivity contribution is -0.142. The van der Waals surface area contributed by atoms with Crippen LogP contribution in [-0.2, 0) is 9.59 Å². The molecule has 0 aliphatic carbocycles. The van der Waals surface area contributed by atoms with Gasteiger partial charge in [-0.3, -0.25) is 19.4 Å². The smallest absolute Gasteiger partial charge is 0.325 e. The van der Waals surface area contributed by atoms with Crippen LogP contribution in [0.3, 0.4) is 0 Å². The van der Waals surface area contributed by atoms with Gasteiger partial charge in [-0.1, -0.05) is 0 Å². The van der Waals surface area contributed by atoms with Crippen molar-refractivity contribution in [1.29, 1.82) is 0 Å². The Hall–Kier alpha value is -1.63. The van der Waals surface area contributed by atoms with Crippen LogP contribution in [0.2, 0.25) is 0 Å². The monoisotopic (exact) mass is 271 g/mol. The molecule has 19 heavy (non-hydrogen) atoms. The van der Waals surface area contributed by atoms with Gasteiger partial charge in [-0.2, -0.15) is 0 Å². The Kier molecular flexibility index (Phi) is 4.52. The van der Waals surface area contributed by atoms with E-state index in [4.69, 9.17) is 5.11 Å². The molecule has 7 nitrogen and oxygen atoms in total. The van der Waals surface area contributed by atoms with Gasteiger partial charge in [0.1, 0.15) is 11.6 Å². The molecular weight excluding hydrogens is 250 g/mol. The highest BCUT2D eigenvalue weighted by Gasteiger charge is 2.43. The van der Waals surface area contributed by atoms with Crippen molar-refractivity contribution in [2.45, 2.75) is 38.8 Å². The SMILES string of the molecule is CC(C(=O)O)N(C)CCCN1C(=O)NC(C)(C)C1=O. The number of carbonyl (C=O) groups excluding carboxylic acids is 2. The predicted molar refractivity (Wildman–Crippen MR) is 68.7 cm³/mol. The van der Waals surface area contributed by atoms with Crippen LogP contribution < -0.4 is 5.32 Å². The fourth-order valence-electron chi connectivity index (χ4n) is 1.88.